The second kappa shape index (κ2) is 5.61. The Labute approximate surface area is 124 Å². The number of ether oxygens (including phenoxy) is 1. The highest BCUT2D eigenvalue weighted by molar-refractivity contribution is 7.19. The molecule has 106 valence electrons. The summed E-state index contributed by atoms with van der Waals surface area (Å²) in [5.41, 5.74) is 1.47. The van der Waals surface area contributed by atoms with Crippen molar-refractivity contribution in [1.82, 2.24) is 4.98 Å². The maximum atomic E-state index is 13.1. The molecule has 0 aliphatic rings. The Hall–Kier alpha value is -2.27. The van der Waals surface area contributed by atoms with E-state index < -0.39 is 11.6 Å². The maximum absolute atomic E-state index is 13.1. The van der Waals surface area contributed by atoms with Gasteiger partial charge in [0.15, 0.2) is 11.6 Å². The number of fused-ring (bicyclic) bond motifs is 1. The van der Waals surface area contributed by atoms with Gasteiger partial charge in [-0.05, 0) is 42.0 Å². The van der Waals surface area contributed by atoms with Gasteiger partial charge in [-0.1, -0.05) is 12.1 Å². The van der Waals surface area contributed by atoms with Gasteiger partial charge in [0.25, 0.3) is 0 Å². The van der Waals surface area contributed by atoms with Crippen LogP contribution in [0.4, 0.5) is 8.78 Å². The van der Waals surface area contributed by atoms with E-state index in [1.165, 1.54) is 17.4 Å². The van der Waals surface area contributed by atoms with Gasteiger partial charge in [0, 0.05) is 0 Å². The molecule has 0 amide bonds. The van der Waals surface area contributed by atoms with Crippen LogP contribution in [0, 0.1) is 11.6 Å². The Morgan fingerprint density at radius 3 is 2.67 bits per heavy atom. The van der Waals surface area contributed by atoms with Crippen molar-refractivity contribution in [2.75, 3.05) is 7.11 Å². The molecule has 0 aliphatic carbocycles. The Kier molecular flexibility index (Phi) is 3.66. The molecule has 0 bridgehead atoms. The average Bonchev–Trinajstić information content (AvgIpc) is 2.90. The minimum Gasteiger partial charge on any atom is -0.497 e. The third-order valence-electron chi connectivity index (χ3n) is 2.97. The summed E-state index contributed by atoms with van der Waals surface area (Å²) in [6.45, 7) is 0. The average molecular weight is 303 g/mol. The molecule has 0 N–H and O–H groups in total. The lowest BCUT2D eigenvalue weighted by Crippen LogP contribution is -1.83. The number of thiazole rings is 1. The summed E-state index contributed by atoms with van der Waals surface area (Å²) >= 11 is 1.51. The van der Waals surface area contributed by atoms with Crippen LogP contribution in [-0.4, -0.2) is 12.1 Å². The quantitative estimate of drug-likeness (QED) is 0.696. The first-order valence-electron chi connectivity index (χ1n) is 6.23. The van der Waals surface area contributed by atoms with Gasteiger partial charge in [-0.25, -0.2) is 13.8 Å². The van der Waals surface area contributed by atoms with Crippen LogP contribution in [0.3, 0.4) is 0 Å². The molecule has 5 heteroatoms. The molecule has 0 fully saturated rings. The number of hydrogen-bond acceptors (Lipinski definition) is 3. The molecule has 0 aliphatic heterocycles. The molecular formula is C16H11F2NOS. The molecule has 2 aromatic carbocycles. The minimum absolute atomic E-state index is 0.589. The number of benzene rings is 2. The fourth-order valence-electron chi connectivity index (χ4n) is 1.90. The van der Waals surface area contributed by atoms with Crippen LogP contribution < -0.4 is 4.74 Å². The van der Waals surface area contributed by atoms with Crippen molar-refractivity contribution in [3.8, 4) is 5.75 Å². The summed E-state index contributed by atoms with van der Waals surface area (Å²) in [5.74, 6) is -0.923. The molecule has 0 atom stereocenters. The molecule has 2 nitrogen and oxygen atoms in total. The van der Waals surface area contributed by atoms with Crippen molar-refractivity contribution >= 4 is 33.7 Å². The molecule has 0 unspecified atom stereocenters. The van der Waals surface area contributed by atoms with Crippen LogP contribution >= 0.6 is 11.3 Å². The maximum Gasteiger partial charge on any atom is 0.159 e. The standard InChI is InChI=1S/C16H11F2NOS/c1-20-11-4-6-14-15(9-11)21-16(19-14)7-3-10-2-5-12(17)13(18)8-10/h2-9H,1H3. The summed E-state index contributed by atoms with van der Waals surface area (Å²) in [6, 6.07) is 9.44. The number of rotatable bonds is 3. The highest BCUT2D eigenvalue weighted by Gasteiger charge is 2.04. The van der Waals surface area contributed by atoms with Crippen molar-refractivity contribution in [2.24, 2.45) is 0 Å². The normalized spacial score (nSPS) is 11.4. The van der Waals surface area contributed by atoms with E-state index in [1.807, 2.05) is 18.2 Å². The van der Waals surface area contributed by atoms with Crippen LogP contribution in [0.5, 0.6) is 5.75 Å². The van der Waals surface area contributed by atoms with Crippen molar-refractivity contribution in [3.63, 3.8) is 0 Å². The van der Waals surface area contributed by atoms with E-state index in [2.05, 4.69) is 4.98 Å². The summed E-state index contributed by atoms with van der Waals surface area (Å²) in [5, 5.41) is 0.794. The molecule has 1 aromatic heterocycles. The summed E-state index contributed by atoms with van der Waals surface area (Å²) in [4.78, 5) is 4.45. The third kappa shape index (κ3) is 2.92. The first-order chi connectivity index (χ1) is 10.2. The summed E-state index contributed by atoms with van der Waals surface area (Å²) < 4.78 is 32.2. The van der Waals surface area contributed by atoms with Crippen LogP contribution in [0.15, 0.2) is 36.4 Å². The Bertz CT molecular complexity index is 826. The predicted octanol–water partition coefficient (Wildman–Crippen LogP) is 4.75. The molecule has 3 rings (SSSR count). The molecule has 0 saturated heterocycles. The first kappa shape index (κ1) is 13.7. The molecular weight excluding hydrogens is 292 g/mol. The predicted molar refractivity (Wildman–Crippen MR) is 81.5 cm³/mol. The summed E-state index contributed by atoms with van der Waals surface area (Å²) in [7, 11) is 1.62. The molecule has 21 heavy (non-hydrogen) atoms. The largest absolute Gasteiger partial charge is 0.497 e. The second-order valence-electron chi connectivity index (χ2n) is 4.39. The summed E-state index contributed by atoms with van der Waals surface area (Å²) in [6.07, 6.45) is 3.49. The van der Waals surface area contributed by atoms with E-state index in [0.29, 0.717) is 5.56 Å². The Morgan fingerprint density at radius 1 is 1.05 bits per heavy atom. The number of halogens is 2. The van der Waals surface area contributed by atoms with Crippen LogP contribution in [0.1, 0.15) is 10.6 Å². The monoisotopic (exact) mass is 303 g/mol. The van der Waals surface area contributed by atoms with Gasteiger partial charge in [-0.2, -0.15) is 0 Å². The lowest BCUT2D eigenvalue weighted by atomic mass is 10.2. The van der Waals surface area contributed by atoms with E-state index in [-0.39, 0.29) is 0 Å². The molecule has 3 aromatic rings. The van der Waals surface area contributed by atoms with Crippen LogP contribution in [0.2, 0.25) is 0 Å². The zero-order chi connectivity index (χ0) is 14.8. The van der Waals surface area contributed by atoms with Crippen LogP contribution in [-0.2, 0) is 0 Å². The van der Waals surface area contributed by atoms with Gasteiger partial charge in [0.05, 0.1) is 17.3 Å². The molecule has 1 heterocycles. The van der Waals surface area contributed by atoms with Crippen molar-refractivity contribution < 1.29 is 13.5 Å². The Balaban J connectivity index is 1.90. The number of nitrogens with zero attached hydrogens (tertiary/aromatic N) is 1. The lowest BCUT2D eigenvalue weighted by Gasteiger charge is -1.96. The van der Waals surface area contributed by atoms with Gasteiger partial charge in [0.1, 0.15) is 10.8 Å². The van der Waals surface area contributed by atoms with Gasteiger partial charge in [0.2, 0.25) is 0 Å². The minimum atomic E-state index is -0.855. The topological polar surface area (TPSA) is 22.1 Å². The van der Waals surface area contributed by atoms with Crippen molar-refractivity contribution in [3.05, 3.63) is 58.6 Å². The van der Waals surface area contributed by atoms with E-state index in [4.69, 9.17) is 4.74 Å². The zero-order valence-corrected chi connectivity index (χ0v) is 12.0. The van der Waals surface area contributed by atoms with Crippen molar-refractivity contribution in [2.45, 2.75) is 0 Å². The van der Waals surface area contributed by atoms with E-state index in [0.717, 1.165) is 33.1 Å². The van der Waals surface area contributed by atoms with Crippen LogP contribution in [0.25, 0.3) is 22.4 Å². The van der Waals surface area contributed by atoms with Crippen molar-refractivity contribution in [1.29, 1.82) is 0 Å². The van der Waals surface area contributed by atoms with Gasteiger partial charge < -0.3 is 4.74 Å². The van der Waals surface area contributed by atoms with Gasteiger partial charge >= 0.3 is 0 Å². The third-order valence-corrected chi connectivity index (χ3v) is 3.96. The first-order valence-corrected chi connectivity index (χ1v) is 7.05. The Morgan fingerprint density at radius 2 is 1.90 bits per heavy atom. The fraction of sp³-hybridized carbons (Fsp3) is 0.0625. The highest BCUT2D eigenvalue weighted by atomic mass is 32.1. The molecule has 0 saturated carbocycles. The van der Waals surface area contributed by atoms with E-state index in [1.54, 1.807) is 19.3 Å². The highest BCUT2D eigenvalue weighted by Crippen LogP contribution is 2.27. The van der Waals surface area contributed by atoms with Gasteiger partial charge in [-0.15, -0.1) is 11.3 Å². The smallest absolute Gasteiger partial charge is 0.159 e. The number of hydrogen-bond donors (Lipinski definition) is 0. The number of methoxy groups -OCH3 is 1. The SMILES string of the molecule is COc1ccc2nc(C=Cc3ccc(F)c(F)c3)sc2c1. The zero-order valence-electron chi connectivity index (χ0n) is 11.1. The molecule has 0 radical (unpaired) electrons. The number of aromatic nitrogens is 1. The van der Waals surface area contributed by atoms with E-state index in [9.17, 15) is 8.78 Å². The fourth-order valence-corrected chi connectivity index (χ4v) is 2.80. The lowest BCUT2D eigenvalue weighted by molar-refractivity contribution is 0.415. The van der Waals surface area contributed by atoms with Gasteiger partial charge in [-0.3, -0.25) is 0 Å². The van der Waals surface area contributed by atoms with E-state index >= 15 is 0 Å². The second-order valence-corrected chi connectivity index (χ2v) is 5.45. The molecule has 0 spiro atoms.